The van der Waals surface area contributed by atoms with Crippen LogP contribution in [0.15, 0.2) is 42.1 Å². The first-order valence-electron chi connectivity index (χ1n) is 19.8. The third kappa shape index (κ3) is 10.6. The average Bonchev–Trinajstić information content (AvgIpc) is 3.40. The molecule has 0 aromatic carbocycles. The highest BCUT2D eigenvalue weighted by Gasteiger charge is 2.69. The van der Waals surface area contributed by atoms with Crippen molar-refractivity contribution in [2.45, 2.75) is 136 Å². The predicted molar refractivity (Wildman–Crippen MR) is 205 cm³/mol. The summed E-state index contributed by atoms with van der Waals surface area (Å²) in [5.74, 6) is -2.88. The lowest BCUT2D eigenvalue weighted by molar-refractivity contribution is -0.145. The largest absolute Gasteiger partial charge is 0.332 e. The van der Waals surface area contributed by atoms with E-state index in [4.69, 9.17) is 0 Å². The van der Waals surface area contributed by atoms with Crippen LogP contribution >= 0.6 is 0 Å². The zero-order valence-electron chi connectivity index (χ0n) is 33.0. The highest BCUT2D eigenvalue weighted by atomic mass is 32.2. The summed E-state index contributed by atoms with van der Waals surface area (Å²) < 4.78 is 27.9. The van der Waals surface area contributed by atoms with Gasteiger partial charge in [-0.05, 0) is 60.0 Å². The zero-order valence-corrected chi connectivity index (χ0v) is 33.8. The summed E-state index contributed by atoms with van der Waals surface area (Å²) in [6.07, 6.45) is 11.1. The van der Waals surface area contributed by atoms with E-state index in [1.807, 2.05) is 20.8 Å². The van der Waals surface area contributed by atoms with Gasteiger partial charge in [0.15, 0.2) is 16.6 Å². The van der Waals surface area contributed by atoms with Gasteiger partial charge in [-0.1, -0.05) is 91.7 Å². The van der Waals surface area contributed by atoms with E-state index in [-0.39, 0.29) is 77.9 Å². The fourth-order valence-electron chi connectivity index (χ4n) is 8.71. The third-order valence-corrected chi connectivity index (χ3v) is 14.1. The first-order chi connectivity index (χ1) is 24.9. The Labute approximate surface area is 318 Å². The molecule has 1 saturated carbocycles. The van der Waals surface area contributed by atoms with Gasteiger partial charge in [-0.3, -0.25) is 24.0 Å². The molecule has 0 radical (unpaired) electrons. The van der Waals surface area contributed by atoms with Crippen molar-refractivity contribution in [3.8, 4) is 0 Å². The molecule has 3 fully saturated rings. The van der Waals surface area contributed by atoms with Crippen molar-refractivity contribution in [1.82, 2.24) is 14.2 Å². The number of nitrogens with zero attached hydrogens (tertiary/aromatic N) is 3. The zero-order chi connectivity index (χ0) is 39.1. The van der Waals surface area contributed by atoms with Crippen molar-refractivity contribution in [2.75, 3.05) is 20.1 Å². The maximum atomic E-state index is 14.6. The SMILES string of the molecule is C=CCCC(=O)C(=O)[C@@H]1CCCCCCCCC[C@H](CC(=O)C[C@H](CN(C)S(=O)(=O)c2ccccn2)C(C)(C)C)C(=O)N2C[C@H]3[C@@H]([C@H]2C(=O)C1)C3(C)C. The number of Topliss-reactive ketones (excluding diaryl/α,β-unsaturated/α-hetero) is 4. The first kappa shape index (κ1) is 42.7. The molecule has 0 bridgehead atoms. The summed E-state index contributed by atoms with van der Waals surface area (Å²) in [7, 11) is -2.36. The van der Waals surface area contributed by atoms with Crippen molar-refractivity contribution < 1.29 is 32.4 Å². The first-order valence-corrected chi connectivity index (χ1v) is 21.2. The molecule has 1 aliphatic carbocycles. The number of sulfonamides is 1. The molecule has 2 saturated heterocycles. The molecular weight excluding hydrogens is 691 g/mol. The van der Waals surface area contributed by atoms with Crippen LogP contribution in [0.5, 0.6) is 0 Å². The van der Waals surface area contributed by atoms with Crippen molar-refractivity contribution in [3.63, 3.8) is 0 Å². The molecule has 294 valence electrons. The summed E-state index contributed by atoms with van der Waals surface area (Å²) in [4.78, 5) is 74.8. The number of piperidine rings is 1. The molecular formula is C42H63N3O7S. The summed E-state index contributed by atoms with van der Waals surface area (Å²) in [6, 6.07) is 4.05. The maximum absolute atomic E-state index is 14.6. The van der Waals surface area contributed by atoms with E-state index in [0.29, 0.717) is 25.8 Å². The van der Waals surface area contributed by atoms with E-state index >= 15 is 0 Å². The second-order valence-corrected chi connectivity index (χ2v) is 19.6. The second kappa shape index (κ2) is 18.1. The molecule has 1 aromatic heterocycles. The average molecular weight is 754 g/mol. The van der Waals surface area contributed by atoms with Crippen LogP contribution in [0, 0.1) is 40.4 Å². The van der Waals surface area contributed by atoms with Crippen LogP contribution in [0.25, 0.3) is 0 Å². The molecule has 10 nitrogen and oxygen atoms in total. The normalized spacial score (nSPS) is 26.4. The number of aromatic nitrogens is 1. The van der Waals surface area contributed by atoms with Gasteiger partial charge in [-0.25, -0.2) is 13.4 Å². The third-order valence-electron chi connectivity index (χ3n) is 12.4. The summed E-state index contributed by atoms with van der Waals surface area (Å²) in [5.41, 5.74) is -0.529. The van der Waals surface area contributed by atoms with E-state index in [0.717, 1.165) is 44.9 Å². The standard InChI is InChI=1S/C42H63N3O7S/c1-8-9-21-34(47)39(49)29-19-15-13-11-10-12-14-16-20-30(40(50)45-28-33-37(42(33,5)6)38(45)35(48)25-29)24-32(46)26-31(41(2,3)4)27-44(7)53(51,52)36-22-17-18-23-43-36/h8,17-18,22-23,29-31,33,37-38H,1,9-16,19-21,24-28H2,2-7H3/t29-,30-,31-,33+,37+,38-/m1/s1. The van der Waals surface area contributed by atoms with Crippen LogP contribution in [-0.2, 0) is 34.0 Å². The van der Waals surface area contributed by atoms with E-state index < -0.39 is 44.9 Å². The molecule has 0 spiro atoms. The molecule has 1 amide bonds. The fourth-order valence-corrected chi connectivity index (χ4v) is 9.85. The Morgan fingerprint density at radius 1 is 1.04 bits per heavy atom. The molecule has 1 aromatic rings. The number of hydrogen-bond acceptors (Lipinski definition) is 8. The van der Waals surface area contributed by atoms with Crippen LogP contribution in [0.1, 0.15) is 125 Å². The number of carbonyl (C=O) groups excluding carboxylic acids is 5. The fraction of sp³-hybridized carbons (Fsp3) is 0.714. The van der Waals surface area contributed by atoms with Crippen molar-refractivity contribution in [2.24, 2.45) is 40.4 Å². The predicted octanol–water partition coefficient (Wildman–Crippen LogP) is 7.02. The van der Waals surface area contributed by atoms with Crippen LogP contribution in [0.3, 0.4) is 0 Å². The summed E-state index contributed by atoms with van der Waals surface area (Å²) in [6.45, 7) is 14.4. The van der Waals surface area contributed by atoms with Gasteiger partial charge in [-0.15, -0.1) is 6.58 Å². The Hall–Kier alpha value is -3.05. The minimum absolute atomic E-state index is 0.0248. The van der Waals surface area contributed by atoms with E-state index in [9.17, 15) is 32.4 Å². The van der Waals surface area contributed by atoms with Crippen molar-refractivity contribution in [3.05, 3.63) is 37.1 Å². The van der Waals surface area contributed by atoms with Crippen LogP contribution in [0.4, 0.5) is 0 Å². The van der Waals surface area contributed by atoms with Crippen LogP contribution < -0.4 is 0 Å². The monoisotopic (exact) mass is 753 g/mol. The Morgan fingerprint density at radius 2 is 1.68 bits per heavy atom. The number of allylic oxidation sites excluding steroid dienone is 1. The van der Waals surface area contributed by atoms with Gasteiger partial charge < -0.3 is 4.90 Å². The Morgan fingerprint density at radius 3 is 2.28 bits per heavy atom. The van der Waals surface area contributed by atoms with Gasteiger partial charge in [-0.2, -0.15) is 4.31 Å². The summed E-state index contributed by atoms with van der Waals surface area (Å²) in [5, 5.41) is -0.0518. The maximum Gasteiger partial charge on any atom is 0.260 e. The van der Waals surface area contributed by atoms with E-state index in [1.54, 1.807) is 23.1 Å². The number of amides is 1. The van der Waals surface area contributed by atoms with Crippen LogP contribution in [-0.4, -0.2) is 77.8 Å². The molecule has 6 atom stereocenters. The smallest absolute Gasteiger partial charge is 0.260 e. The van der Waals surface area contributed by atoms with Crippen molar-refractivity contribution >= 4 is 39.1 Å². The van der Waals surface area contributed by atoms with Gasteiger partial charge in [0.2, 0.25) is 11.7 Å². The highest BCUT2D eigenvalue weighted by Crippen LogP contribution is 2.65. The molecule has 11 heteroatoms. The lowest BCUT2D eigenvalue weighted by Gasteiger charge is -2.35. The molecule has 0 N–H and O–H groups in total. The van der Waals surface area contributed by atoms with Crippen LogP contribution in [0.2, 0.25) is 0 Å². The lowest BCUT2D eigenvalue weighted by Crippen LogP contribution is -2.48. The number of fused-ring (bicyclic) bond motifs is 3. The lowest BCUT2D eigenvalue weighted by atomic mass is 9.76. The minimum Gasteiger partial charge on any atom is -0.332 e. The number of carbonyl (C=O) groups is 5. The Kier molecular flexibility index (Phi) is 14.5. The number of hydrogen-bond donors (Lipinski definition) is 0. The van der Waals surface area contributed by atoms with Gasteiger partial charge in [0.05, 0.1) is 6.04 Å². The quantitative estimate of drug-likeness (QED) is 0.155. The summed E-state index contributed by atoms with van der Waals surface area (Å²) >= 11 is 0. The van der Waals surface area contributed by atoms with Gasteiger partial charge in [0.25, 0.3) is 10.0 Å². The Bertz CT molecular complexity index is 1600. The van der Waals surface area contributed by atoms with E-state index in [1.165, 1.54) is 23.6 Å². The van der Waals surface area contributed by atoms with Crippen molar-refractivity contribution in [1.29, 1.82) is 0 Å². The molecule has 3 aliphatic rings. The van der Waals surface area contributed by atoms with E-state index in [2.05, 4.69) is 25.4 Å². The molecule has 53 heavy (non-hydrogen) atoms. The molecule has 3 heterocycles. The minimum atomic E-state index is -3.87. The highest BCUT2D eigenvalue weighted by molar-refractivity contribution is 7.89. The van der Waals surface area contributed by atoms with Gasteiger partial charge in [0.1, 0.15) is 5.78 Å². The molecule has 4 rings (SSSR count). The molecule has 2 aliphatic heterocycles. The topological polar surface area (TPSA) is 139 Å². The molecule has 0 unspecified atom stereocenters. The number of pyridine rings is 1. The number of rotatable bonds is 13. The van der Waals surface area contributed by atoms with Gasteiger partial charge in [0, 0.05) is 63.9 Å². The van der Waals surface area contributed by atoms with Gasteiger partial charge >= 0.3 is 0 Å². The number of ketones is 4. The second-order valence-electron chi connectivity index (χ2n) is 17.6. The Balaban J connectivity index is 1.55.